The Balaban J connectivity index is 2.87. The molecule has 0 saturated carbocycles. The zero-order chi connectivity index (χ0) is 9.68. The van der Waals surface area contributed by atoms with Gasteiger partial charge in [0.05, 0.1) is 7.11 Å². The fourth-order valence-corrected chi connectivity index (χ4v) is 1.34. The van der Waals surface area contributed by atoms with Gasteiger partial charge in [-0.2, -0.15) is 0 Å². The number of benzene rings is 1. The van der Waals surface area contributed by atoms with E-state index in [-0.39, 0.29) is 6.61 Å². The van der Waals surface area contributed by atoms with Gasteiger partial charge in [-0.3, -0.25) is 0 Å². The predicted octanol–water partition coefficient (Wildman–Crippen LogP) is 2.31. The Morgan fingerprint density at radius 1 is 1.46 bits per heavy atom. The number of terminal acetylenes is 1. The highest BCUT2D eigenvalue weighted by molar-refractivity contribution is 14.1. The van der Waals surface area contributed by atoms with Crippen LogP contribution in [0.15, 0.2) is 18.2 Å². The van der Waals surface area contributed by atoms with Crippen LogP contribution in [0.1, 0.15) is 0 Å². The maximum Gasteiger partial charge on any atom is 0.162 e. The van der Waals surface area contributed by atoms with Gasteiger partial charge in [0.15, 0.2) is 11.5 Å². The van der Waals surface area contributed by atoms with E-state index < -0.39 is 0 Å². The smallest absolute Gasteiger partial charge is 0.162 e. The first kappa shape index (κ1) is 10.2. The van der Waals surface area contributed by atoms with E-state index in [1.54, 1.807) is 7.11 Å². The van der Waals surface area contributed by atoms with Crippen molar-refractivity contribution in [2.75, 3.05) is 13.7 Å². The largest absolute Gasteiger partial charge is 0.493 e. The van der Waals surface area contributed by atoms with Crippen molar-refractivity contribution in [3.63, 3.8) is 0 Å². The van der Waals surface area contributed by atoms with Crippen molar-refractivity contribution in [1.82, 2.24) is 0 Å². The minimum atomic E-state index is 0.261. The minimum Gasteiger partial charge on any atom is -0.493 e. The van der Waals surface area contributed by atoms with Crippen LogP contribution in [0.25, 0.3) is 0 Å². The van der Waals surface area contributed by atoms with Crippen molar-refractivity contribution >= 4 is 22.6 Å². The molecule has 0 aliphatic rings. The van der Waals surface area contributed by atoms with Crippen molar-refractivity contribution in [2.45, 2.75) is 0 Å². The molecule has 0 radical (unpaired) electrons. The third-order valence-electron chi connectivity index (χ3n) is 1.44. The first-order valence-corrected chi connectivity index (χ1v) is 4.75. The van der Waals surface area contributed by atoms with Crippen LogP contribution in [0.4, 0.5) is 0 Å². The first-order chi connectivity index (χ1) is 6.27. The second-order valence-corrected chi connectivity index (χ2v) is 3.53. The summed E-state index contributed by atoms with van der Waals surface area (Å²) >= 11 is 2.21. The summed E-state index contributed by atoms with van der Waals surface area (Å²) in [5.41, 5.74) is 0. The van der Waals surface area contributed by atoms with Crippen LogP contribution >= 0.6 is 22.6 Å². The Morgan fingerprint density at radius 3 is 2.85 bits per heavy atom. The highest BCUT2D eigenvalue weighted by atomic mass is 127. The molecule has 0 amide bonds. The monoisotopic (exact) mass is 288 g/mol. The summed E-state index contributed by atoms with van der Waals surface area (Å²) in [6, 6.07) is 5.68. The highest BCUT2D eigenvalue weighted by Crippen LogP contribution is 2.28. The third kappa shape index (κ3) is 2.81. The van der Waals surface area contributed by atoms with Gasteiger partial charge < -0.3 is 9.47 Å². The van der Waals surface area contributed by atoms with Crippen molar-refractivity contribution < 1.29 is 9.47 Å². The zero-order valence-corrected chi connectivity index (χ0v) is 9.37. The van der Waals surface area contributed by atoms with Crippen molar-refractivity contribution in [2.24, 2.45) is 0 Å². The van der Waals surface area contributed by atoms with Gasteiger partial charge in [0.25, 0.3) is 0 Å². The van der Waals surface area contributed by atoms with Crippen LogP contribution in [0.2, 0.25) is 0 Å². The number of ether oxygens (including phenoxy) is 2. The van der Waals surface area contributed by atoms with Gasteiger partial charge in [0.1, 0.15) is 6.61 Å². The molecule has 0 spiro atoms. The van der Waals surface area contributed by atoms with E-state index in [1.807, 2.05) is 18.2 Å². The molecule has 68 valence electrons. The predicted molar refractivity (Wildman–Crippen MR) is 60.0 cm³/mol. The molecule has 0 aliphatic heterocycles. The molecular weight excluding hydrogens is 279 g/mol. The molecule has 1 rings (SSSR count). The van der Waals surface area contributed by atoms with Crippen LogP contribution in [-0.2, 0) is 0 Å². The fraction of sp³-hybridized carbons (Fsp3) is 0.200. The lowest BCUT2D eigenvalue weighted by molar-refractivity contribution is 0.331. The topological polar surface area (TPSA) is 18.5 Å². The maximum atomic E-state index is 5.27. The molecule has 3 heteroatoms. The first-order valence-electron chi connectivity index (χ1n) is 3.67. The van der Waals surface area contributed by atoms with Crippen LogP contribution in [-0.4, -0.2) is 13.7 Å². The SMILES string of the molecule is C#CCOc1ccc(I)cc1OC. The Bertz CT molecular complexity index is 328. The Kier molecular flexibility index (Phi) is 3.90. The molecule has 0 N–H and O–H groups in total. The molecule has 0 aliphatic carbocycles. The fourth-order valence-electron chi connectivity index (χ4n) is 0.880. The lowest BCUT2D eigenvalue weighted by Gasteiger charge is -2.08. The molecule has 0 fully saturated rings. The number of hydrogen-bond acceptors (Lipinski definition) is 2. The molecule has 1 aromatic rings. The summed E-state index contributed by atoms with van der Waals surface area (Å²) in [5.74, 6) is 3.79. The van der Waals surface area contributed by atoms with Gasteiger partial charge in [-0.1, -0.05) is 5.92 Å². The maximum absolute atomic E-state index is 5.27. The van der Waals surface area contributed by atoms with Crippen molar-refractivity contribution in [3.05, 3.63) is 21.8 Å². The van der Waals surface area contributed by atoms with E-state index in [0.717, 1.165) is 3.57 Å². The van der Waals surface area contributed by atoms with Gasteiger partial charge in [-0.05, 0) is 40.8 Å². The summed E-state index contributed by atoms with van der Waals surface area (Å²) in [6.07, 6.45) is 5.08. The minimum absolute atomic E-state index is 0.261. The van der Waals surface area contributed by atoms with Gasteiger partial charge in [0, 0.05) is 3.57 Å². The van der Waals surface area contributed by atoms with Gasteiger partial charge in [-0.15, -0.1) is 6.42 Å². The van der Waals surface area contributed by atoms with Gasteiger partial charge in [-0.25, -0.2) is 0 Å². The van der Waals surface area contributed by atoms with E-state index in [9.17, 15) is 0 Å². The summed E-state index contributed by atoms with van der Waals surface area (Å²) in [5, 5.41) is 0. The molecule has 0 heterocycles. The summed E-state index contributed by atoms with van der Waals surface area (Å²) < 4.78 is 11.5. The second-order valence-electron chi connectivity index (χ2n) is 2.29. The number of rotatable bonds is 3. The van der Waals surface area contributed by atoms with Crippen LogP contribution < -0.4 is 9.47 Å². The third-order valence-corrected chi connectivity index (χ3v) is 2.11. The number of methoxy groups -OCH3 is 1. The summed E-state index contributed by atoms with van der Waals surface area (Å²) in [7, 11) is 1.61. The van der Waals surface area contributed by atoms with Gasteiger partial charge >= 0.3 is 0 Å². The number of hydrogen-bond donors (Lipinski definition) is 0. The molecule has 2 nitrogen and oxygen atoms in total. The van der Waals surface area contributed by atoms with E-state index >= 15 is 0 Å². The normalized spacial score (nSPS) is 9.00. The standard InChI is InChI=1S/C10H9IO2/c1-3-6-13-9-5-4-8(11)7-10(9)12-2/h1,4-5,7H,6H2,2H3. The second kappa shape index (κ2) is 4.97. The molecule has 0 saturated heterocycles. The molecule has 0 atom stereocenters. The Morgan fingerprint density at radius 2 is 2.23 bits per heavy atom. The Hall–Kier alpha value is -0.890. The molecule has 0 aromatic heterocycles. The quantitative estimate of drug-likeness (QED) is 0.627. The summed E-state index contributed by atoms with van der Waals surface area (Å²) in [6.45, 7) is 0.261. The van der Waals surface area contributed by atoms with Gasteiger partial charge in [0.2, 0.25) is 0 Å². The van der Waals surface area contributed by atoms with Crippen molar-refractivity contribution in [3.8, 4) is 23.8 Å². The van der Waals surface area contributed by atoms with E-state index in [1.165, 1.54) is 0 Å². The lowest BCUT2D eigenvalue weighted by atomic mass is 10.3. The highest BCUT2D eigenvalue weighted by Gasteiger charge is 2.03. The molecule has 0 unspecified atom stereocenters. The van der Waals surface area contributed by atoms with Crippen LogP contribution in [0, 0.1) is 15.9 Å². The van der Waals surface area contributed by atoms with E-state index in [0.29, 0.717) is 11.5 Å². The lowest BCUT2D eigenvalue weighted by Crippen LogP contribution is -1.96. The molecule has 1 aromatic carbocycles. The van der Waals surface area contributed by atoms with E-state index in [2.05, 4.69) is 28.5 Å². The zero-order valence-electron chi connectivity index (χ0n) is 7.21. The van der Waals surface area contributed by atoms with Crippen LogP contribution in [0.3, 0.4) is 0 Å². The Labute approximate surface area is 91.4 Å². The average Bonchev–Trinajstić information content (AvgIpc) is 2.16. The number of halogens is 1. The molecule has 13 heavy (non-hydrogen) atoms. The molecular formula is C10H9IO2. The average molecular weight is 288 g/mol. The van der Waals surface area contributed by atoms with Crippen LogP contribution in [0.5, 0.6) is 11.5 Å². The van der Waals surface area contributed by atoms with E-state index in [4.69, 9.17) is 15.9 Å². The molecule has 0 bridgehead atoms. The van der Waals surface area contributed by atoms with Crippen molar-refractivity contribution in [1.29, 1.82) is 0 Å². The summed E-state index contributed by atoms with van der Waals surface area (Å²) in [4.78, 5) is 0.